The second kappa shape index (κ2) is 8.91. The molecule has 1 aromatic heterocycles. The number of thiazole rings is 1. The number of ether oxygens (including phenoxy) is 1. The number of rotatable bonds is 8. The van der Waals surface area contributed by atoms with Gasteiger partial charge in [-0.2, -0.15) is 0 Å². The van der Waals surface area contributed by atoms with E-state index in [1.807, 2.05) is 12.1 Å². The third kappa shape index (κ3) is 4.68. The molecular formula is C21H18N2O3S. The standard InChI is InChI=1S/C21H18N2O3S/c1-2-13-22-21-23-17(14-27-21)20(25)26-19(16-11-7-4-8-12-16)18(24)15-9-5-3-6-10-15/h2-12,14,19H,1,13H2,(H,22,23). The molecular weight excluding hydrogens is 360 g/mol. The number of anilines is 1. The lowest BCUT2D eigenvalue weighted by atomic mass is 10.00. The molecule has 2 aromatic carbocycles. The molecule has 0 aliphatic rings. The van der Waals surface area contributed by atoms with Crippen molar-refractivity contribution in [2.75, 3.05) is 11.9 Å². The molecule has 0 saturated heterocycles. The van der Waals surface area contributed by atoms with E-state index < -0.39 is 12.1 Å². The zero-order valence-corrected chi connectivity index (χ0v) is 15.3. The van der Waals surface area contributed by atoms with E-state index >= 15 is 0 Å². The summed E-state index contributed by atoms with van der Waals surface area (Å²) >= 11 is 1.29. The van der Waals surface area contributed by atoms with E-state index in [0.29, 0.717) is 22.8 Å². The highest BCUT2D eigenvalue weighted by Gasteiger charge is 2.27. The Labute approximate surface area is 161 Å². The number of aromatic nitrogens is 1. The maximum absolute atomic E-state index is 12.9. The molecule has 5 nitrogen and oxygen atoms in total. The number of hydrogen-bond acceptors (Lipinski definition) is 6. The van der Waals surface area contributed by atoms with Gasteiger partial charge >= 0.3 is 5.97 Å². The zero-order chi connectivity index (χ0) is 19.1. The number of ketones is 1. The first-order valence-corrected chi connectivity index (χ1v) is 9.22. The Balaban J connectivity index is 1.83. The van der Waals surface area contributed by atoms with E-state index in [2.05, 4.69) is 16.9 Å². The van der Waals surface area contributed by atoms with Crippen LogP contribution in [0.25, 0.3) is 0 Å². The van der Waals surface area contributed by atoms with Gasteiger partial charge < -0.3 is 10.1 Å². The molecule has 0 radical (unpaired) electrons. The number of hydrogen-bond donors (Lipinski definition) is 1. The molecule has 1 heterocycles. The normalized spacial score (nSPS) is 11.4. The summed E-state index contributed by atoms with van der Waals surface area (Å²) in [7, 11) is 0. The number of carbonyl (C=O) groups is 2. The molecule has 1 atom stereocenters. The number of nitrogens with one attached hydrogen (secondary N) is 1. The van der Waals surface area contributed by atoms with Crippen LogP contribution in [0.1, 0.15) is 32.5 Å². The van der Waals surface area contributed by atoms with Crippen LogP contribution in [0.15, 0.2) is 78.7 Å². The Kier molecular flexibility index (Phi) is 6.12. The zero-order valence-electron chi connectivity index (χ0n) is 14.5. The summed E-state index contributed by atoms with van der Waals surface area (Å²) in [6.07, 6.45) is 0.663. The summed E-state index contributed by atoms with van der Waals surface area (Å²) in [6.45, 7) is 4.17. The third-order valence-electron chi connectivity index (χ3n) is 3.73. The van der Waals surface area contributed by atoms with Crippen LogP contribution in [0.5, 0.6) is 0 Å². The average molecular weight is 378 g/mol. The Bertz CT molecular complexity index is 923. The van der Waals surface area contributed by atoms with Crippen molar-refractivity contribution in [1.29, 1.82) is 0 Å². The lowest BCUT2D eigenvalue weighted by molar-refractivity contribution is 0.0275. The first kappa shape index (κ1) is 18.5. The summed E-state index contributed by atoms with van der Waals surface area (Å²) in [5, 5.41) is 5.21. The Morgan fingerprint density at radius 3 is 2.44 bits per heavy atom. The van der Waals surface area contributed by atoms with E-state index in [4.69, 9.17) is 4.74 Å². The number of benzene rings is 2. The molecule has 3 aromatic rings. The topological polar surface area (TPSA) is 68.3 Å². The SMILES string of the molecule is C=CCNc1nc(C(=O)OC(C(=O)c2ccccc2)c2ccccc2)cs1. The van der Waals surface area contributed by atoms with Gasteiger partial charge in [-0.15, -0.1) is 17.9 Å². The average Bonchev–Trinajstić information content (AvgIpc) is 3.20. The van der Waals surface area contributed by atoms with E-state index in [-0.39, 0.29) is 11.5 Å². The molecule has 0 aliphatic heterocycles. The molecule has 3 rings (SSSR count). The van der Waals surface area contributed by atoms with Crippen molar-refractivity contribution in [1.82, 2.24) is 4.98 Å². The van der Waals surface area contributed by atoms with Gasteiger partial charge in [-0.3, -0.25) is 4.79 Å². The second-order valence-corrected chi connectivity index (χ2v) is 6.49. The Hall–Kier alpha value is -3.25. The number of esters is 1. The van der Waals surface area contributed by atoms with Gasteiger partial charge in [0.25, 0.3) is 0 Å². The van der Waals surface area contributed by atoms with E-state index in [1.54, 1.807) is 60.0 Å². The fourth-order valence-corrected chi connectivity index (χ4v) is 3.12. The van der Waals surface area contributed by atoms with Crippen molar-refractivity contribution in [3.8, 4) is 0 Å². The van der Waals surface area contributed by atoms with Crippen molar-refractivity contribution in [3.63, 3.8) is 0 Å². The monoisotopic (exact) mass is 378 g/mol. The number of carbonyl (C=O) groups excluding carboxylic acids is 2. The van der Waals surface area contributed by atoms with Gasteiger partial charge in [0.1, 0.15) is 0 Å². The van der Waals surface area contributed by atoms with Crippen molar-refractivity contribution < 1.29 is 14.3 Å². The molecule has 0 bridgehead atoms. The molecule has 136 valence electrons. The maximum Gasteiger partial charge on any atom is 0.358 e. The first-order chi connectivity index (χ1) is 13.2. The molecule has 0 fully saturated rings. The van der Waals surface area contributed by atoms with Crippen LogP contribution < -0.4 is 5.32 Å². The van der Waals surface area contributed by atoms with Crippen LogP contribution in [0.4, 0.5) is 5.13 Å². The van der Waals surface area contributed by atoms with Crippen molar-refractivity contribution in [3.05, 3.63) is 95.5 Å². The van der Waals surface area contributed by atoms with Crippen LogP contribution in [0.3, 0.4) is 0 Å². The van der Waals surface area contributed by atoms with E-state index in [0.717, 1.165) is 0 Å². The number of Topliss-reactive ketones (excluding diaryl/α,β-unsaturated/α-hetero) is 1. The van der Waals surface area contributed by atoms with Crippen LogP contribution in [-0.4, -0.2) is 23.3 Å². The summed E-state index contributed by atoms with van der Waals surface area (Å²) in [5.41, 5.74) is 1.25. The molecule has 0 amide bonds. The number of nitrogens with zero attached hydrogens (tertiary/aromatic N) is 1. The van der Waals surface area contributed by atoms with Crippen molar-refractivity contribution >= 4 is 28.2 Å². The third-order valence-corrected chi connectivity index (χ3v) is 4.53. The Morgan fingerprint density at radius 2 is 1.78 bits per heavy atom. The maximum atomic E-state index is 12.9. The van der Waals surface area contributed by atoms with Gasteiger partial charge in [0.15, 0.2) is 16.9 Å². The van der Waals surface area contributed by atoms with Crippen molar-refractivity contribution in [2.24, 2.45) is 0 Å². The quantitative estimate of drug-likeness (QED) is 0.354. The molecule has 0 aliphatic carbocycles. The van der Waals surface area contributed by atoms with Crippen LogP contribution >= 0.6 is 11.3 Å². The summed E-state index contributed by atoms with van der Waals surface area (Å²) in [4.78, 5) is 29.7. The molecule has 0 saturated carbocycles. The van der Waals surface area contributed by atoms with Gasteiger partial charge in [-0.25, -0.2) is 9.78 Å². The predicted molar refractivity (Wildman–Crippen MR) is 106 cm³/mol. The van der Waals surface area contributed by atoms with Crippen molar-refractivity contribution in [2.45, 2.75) is 6.10 Å². The lowest BCUT2D eigenvalue weighted by Gasteiger charge is -2.17. The predicted octanol–water partition coefficient (Wildman–Crippen LogP) is 4.52. The molecule has 6 heteroatoms. The summed E-state index contributed by atoms with van der Waals surface area (Å²) in [6, 6.07) is 17.7. The van der Waals surface area contributed by atoms with Crippen LogP contribution in [0, 0.1) is 0 Å². The minimum atomic E-state index is -1.03. The van der Waals surface area contributed by atoms with Gasteiger partial charge in [0, 0.05) is 23.1 Å². The van der Waals surface area contributed by atoms with Crippen LogP contribution in [-0.2, 0) is 4.74 Å². The Morgan fingerprint density at radius 1 is 1.11 bits per heavy atom. The van der Waals surface area contributed by atoms with E-state index in [1.165, 1.54) is 11.3 Å². The summed E-state index contributed by atoms with van der Waals surface area (Å²) < 4.78 is 5.56. The minimum absolute atomic E-state index is 0.161. The van der Waals surface area contributed by atoms with Crippen LogP contribution in [0.2, 0.25) is 0 Å². The van der Waals surface area contributed by atoms with Gasteiger partial charge in [-0.05, 0) is 0 Å². The molecule has 27 heavy (non-hydrogen) atoms. The van der Waals surface area contributed by atoms with Gasteiger partial charge in [-0.1, -0.05) is 66.7 Å². The highest BCUT2D eigenvalue weighted by atomic mass is 32.1. The van der Waals surface area contributed by atoms with Gasteiger partial charge in [0.05, 0.1) is 0 Å². The second-order valence-electron chi connectivity index (χ2n) is 5.63. The molecule has 1 unspecified atom stereocenters. The highest BCUT2D eigenvalue weighted by Crippen LogP contribution is 2.25. The lowest BCUT2D eigenvalue weighted by Crippen LogP contribution is -2.20. The minimum Gasteiger partial charge on any atom is -0.444 e. The summed E-state index contributed by atoms with van der Waals surface area (Å²) in [5.74, 6) is -0.925. The molecule has 1 N–H and O–H groups in total. The van der Waals surface area contributed by atoms with E-state index in [9.17, 15) is 9.59 Å². The largest absolute Gasteiger partial charge is 0.444 e. The molecule has 0 spiro atoms. The smallest absolute Gasteiger partial charge is 0.358 e. The first-order valence-electron chi connectivity index (χ1n) is 8.34. The van der Waals surface area contributed by atoms with Gasteiger partial charge in [0.2, 0.25) is 5.78 Å². The highest BCUT2D eigenvalue weighted by molar-refractivity contribution is 7.13. The fraction of sp³-hybridized carbons (Fsp3) is 0.0952. The fourth-order valence-electron chi connectivity index (χ4n) is 2.43.